The largest absolute Gasteiger partial charge is 0.374 e. The summed E-state index contributed by atoms with van der Waals surface area (Å²) in [6, 6.07) is 0. The topological polar surface area (TPSA) is 43.4 Å². The molecule has 0 bridgehead atoms. The lowest BCUT2D eigenvalue weighted by atomic mass is 9.77. The molecule has 0 aromatic carbocycles. The van der Waals surface area contributed by atoms with Gasteiger partial charge < -0.3 is 4.74 Å². The second kappa shape index (κ2) is 4.18. The lowest BCUT2D eigenvalue weighted by Crippen LogP contribution is -2.29. The third-order valence-corrected chi connectivity index (χ3v) is 5.60. The van der Waals surface area contributed by atoms with Crippen molar-refractivity contribution in [3.05, 3.63) is 0 Å². The molecule has 0 radical (unpaired) electrons. The van der Waals surface area contributed by atoms with Crippen LogP contribution in [-0.2, 0) is 14.3 Å². The zero-order valence-corrected chi connectivity index (χ0v) is 11.9. The highest BCUT2D eigenvalue weighted by atomic mass is 16.5. The molecule has 0 spiro atoms. The van der Waals surface area contributed by atoms with E-state index in [0.29, 0.717) is 28.5 Å². The van der Waals surface area contributed by atoms with Gasteiger partial charge in [0.2, 0.25) is 0 Å². The minimum atomic E-state index is 0.250. The summed E-state index contributed by atoms with van der Waals surface area (Å²) in [6.07, 6.45) is 8.23. The molecule has 1 heterocycles. The predicted octanol–water partition coefficient (Wildman–Crippen LogP) is 3.19. The van der Waals surface area contributed by atoms with Crippen molar-refractivity contribution in [1.29, 1.82) is 0 Å². The number of fused-ring (bicyclic) bond motifs is 3. The Morgan fingerprint density at radius 3 is 2.39 bits per heavy atom. The number of carbonyl (C=O) groups excluding carboxylic acids is 2. The van der Waals surface area contributed by atoms with Crippen molar-refractivity contribution in [1.82, 2.24) is 0 Å². The number of hydrogen-bond donors (Lipinski definition) is 0. The van der Waals surface area contributed by atoms with E-state index in [0.717, 1.165) is 0 Å². The standard InChI is InChI=1S/C14H24O.CO2/c1-5-6-14-8-12(3)7-10(2)15-11(12)13(14,4)9-14;2-1-3/h10-11H,5-9H2,1-4H3;/t10-,11-,12-,13+,14+;/m0./s1. The molecule has 0 amide bonds. The van der Waals surface area contributed by atoms with Crippen LogP contribution in [0.25, 0.3) is 0 Å². The fraction of sp³-hybridized carbons (Fsp3) is 0.933. The predicted molar refractivity (Wildman–Crippen MR) is 66.7 cm³/mol. The zero-order valence-electron chi connectivity index (χ0n) is 11.9. The highest BCUT2D eigenvalue weighted by molar-refractivity contribution is 5.27. The minimum Gasteiger partial charge on any atom is -0.374 e. The van der Waals surface area contributed by atoms with E-state index in [2.05, 4.69) is 27.7 Å². The summed E-state index contributed by atoms with van der Waals surface area (Å²) < 4.78 is 6.22. The lowest BCUT2D eigenvalue weighted by molar-refractivity contribution is -0.191. The van der Waals surface area contributed by atoms with E-state index in [1.165, 1.54) is 32.1 Å². The summed E-state index contributed by atoms with van der Waals surface area (Å²) in [5.41, 5.74) is 1.70. The van der Waals surface area contributed by atoms with Crippen LogP contribution in [0.1, 0.15) is 59.8 Å². The van der Waals surface area contributed by atoms with E-state index >= 15 is 0 Å². The molecule has 3 heteroatoms. The highest BCUT2D eigenvalue weighted by Crippen LogP contribution is 2.81. The minimum absolute atomic E-state index is 0.250. The van der Waals surface area contributed by atoms with Crippen molar-refractivity contribution in [2.24, 2.45) is 16.2 Å². The van der Waals surface area contributed by atoms with E-state index in [4.69, 9.17) is 14.3 Å². The fourth-order valence-electron chi connectivity index (χ4n) is 5.30. The van der Waals surface area contributed by atoms with Gasteiger partial charge in [0.25, 0.3) is 0 Å². The normalized spacial score (nSPS) is 51.8. The van der Waals surface area contributed by atoms with Crippen LogP contribution in [0.15, 0.2) is 0 Å². The van der Waals surface area contributed by atoms with Crippen molar-refractivity contribution in [3.63, 3.8) is 0 Å². The molecule has 18 heavy (non-hydrogen) atoms. The first kappa shape index (κ1) is 13.8. The van der Waals surface area contributed by atoms with Crippen LogP contribution < -0.4 is 0 Å². The molecule has 2 saturated carbocycles. The molecule has 3 fully saturated rings. The van der Waals surface area contributed by atoms with Gasteiger partial charge in [0.05, 0.1) is 12.2 Å². The van der Waals surface area contributed by atoms with Gasteiger partial charge in [-0.15, -0.1) is 0 Å². The van der Waals surface area contributed by atoms with Crippen molar-refractivity contribution in [3.8, 4) is 0 Å². The first-order valence-electron chi connectivity index (χ1n) is 7.02. The quantitative estimate of drug-likeness (QED) is 0.758. The van der Waals surface area contributed by atoms with Gasteiger partial charge in [-0.3, -0.25) is 0 Å². The Hall–Kier alpha value is -0.660. The molecule has 0 aromatic heterocycles. The Bertz CT molecular complexity index is 374. The molecular formula is C15H24O3. The molecule has 1 aliphatic heterocycles. The maximum atomic E-state index is 8.12. The van der Waals surface area contributed by atoms with Gasteiger partial charge in [0.15, 0.2) is 0 Å². The number of ether oxygens (including phenoxy) is 1. The molecule has 0 N–H and O–H groups in total. The average molecular weight is 252 g/mol. The summed E-state index contributed by atoms with van der Waals surface area (Å²) in [6.45, 7) is 9.52. The second-order valence-corrected chi connectivity index (χ2v) is 7.07. The fourth-order valence-corrected chi connectivity index (χ4v) is 5.30. The maximum absolute atomic E-state index is 8.12. The van der Waals surface area contributed by atoms with Crippen LogP contribution in [0, 0.1) is 16.2 Å². The van der Waals surface area contributed by atoms with Crippen molar-refractivity contribution in [2.75, 3.05) is 0 Å². The van der Waals surface area contributed by atoms with Gasteiger partial charge in [-0.1, -0.05) is 27.2 Å². The molecule has 3 rings (SSSR count). The van der Waals surface area contributed by atoms with Crippen LogP contribution in [0.3, 0.4) is 0 Å². The first-order valence-corrected chi connectivity index (χ1v) is 7.02. The van der Waals surface area contributed by atoms with Crippen LogP contribution in [0.5, 0.6) is 0 Å². The molecule has 0 aromatic rings. The van der Waals surface area contributed by atoms with Crippen LogP contribution >= 0.6 is 0 Å². The molecule has 2 aliphatic carbocycles. The van der Waals surface area contributed by atoms with Gasteiger partial charge in [0.1, 0.15) is 0 Å². The summed E-state index contributed by atoms with van der Waals surface area (Å²) in [5.74, 6) is 0. The van der Waals surface area contributed by atoms with E-state index in [-0.39, 0.29) is 6.15 Å². The molecule has 102 valence electrons. The smallest absolute Gasteiger partial charge is 0.373 e. The SMILES string of the molecule is CCC[C@]12C[C@]3(C)C[C@H](C)O[C@@H]3[C@@]1(C)C2.O=C=O. The summed E-state index contributed by atoms with van der Waals surface area (Å²) >= 11 is 0. The van der Waals surface area contributed by atoms with Gasteiger partial charge in [-0.05, 0) is 43.4 Å². The molecule has 3 nitrogen and oxygen atoms in total. The molecule has 3 aliphatic rings. The van der Waals surface area contributed by atoms with Gasteiger partial charge in [-0.25, -0.2) is 0 Å². The number of hydrogen-bond acceptors (Lipinski definition) is 3. The zero-order chi connectivity index (χ0) is 13.6. The second-order valence-electron chi connectivity index (χ2n) is 7.07. The van der Waals surface area contributed by atoms with Crippen molar-refractivity contribution >= 4 is 6.15 Å². The molecule has 5 atom stereocenters. The molecule has 1 saturated heterocycles. The molecule has 0 unspecified atom stereocenters. The lowest BCUT2D eigenvalue weighted by Gasteiger charge is -2.27. The van der Waals surface area contributed by atoms with Crippen LogP contribution in [0.2, 0.25) is 0 Å². The van der Waals surface area contributed by atoms with Crippen molar-refractivity contribution in [2.45, 2.75) is 72.0 Å². The van der Waals surface area contributed by atoms with Gasteiger partial charge >= 0.3 is 6.15 Å². The number of rotatable bonds is 2. The maximum Gasteiger partial charge on any atom is 0.373 e. The highest BCUT2D eigenvalue weighted by Gasteiger charge is 2.78. The average Bonchev–Trinajstić information content (AvgIpc) is 2.57. The third kappa shape index (κ3) is 1.68. The third-order valence-electron chi connectivity index (χ3n) is 5.60. The Balaban J connectivity index is 0.000000367. The summed E-state index contributed by atoms with van der Waals surface area (Å²) in [4.78, 5) is 16.2. The Morgan fingerprint density at radius 2 is 1.89 bits per heavy atom. The van der Waals surface area contributed by atoms with Gasteiger partial charge in [-0.2, -0.15) is 9.59 Å². The Morgan fingerprint density at radius 1 is 1.28 bits per heavy atom. The van der Waals surface area contributed by atoms with Crippen LogP contribution in [-0.4, -0.2) is 18.4 Å². The van der Waals surface area contributed by atoms with E-state index < -0.39 is 0 Å². The van der Waals surface area contributed by atoms with E-state index in [1.54, 1.807) is 0 Å². The summed E-state index contributed by atoms with van der Waals surface area (Å²) in [7, 11) is 0. The van der Waals surface area contributed by atoms with E-state index in [9.17, 15) is 0 Å². The van der Waals surface area contributed by atoms with E-state index in [1.807, 2.05) is 0 Å². The Kier molecular flexibility index (Phi) is 3.19. The molecular weight excluding hydrogens is 228 g/mol. The van der Waals surface area contributed by atoms with Crippen LogP contribution in [0.4, 0.5) is 0 Å². The van der Waals surface area contributed by atoms with Gasteiger partial charge in [0, 0.05) is 5.41 Å². The first-order chi connectivity index (χ1) is 8.37. The summed E-state index contributed by atoms with van der Waals surface area (Å²) in [5, 5.41) is 0. The monoisotopic (exact) mass is 252 g/mol. The Labute approximate surface area is 109 Å². The van der Waals surface area contributed by atoms with Crippen molar-refractivity contribution < 1.29 is 14.3 Å².